The standard InChI is InChI=1S/C10H10N2/c1-3-7-8(4-1)12-10-6-2-5-9(10)11-7/h1-7,9,11-12H. The van der Waals surface area contributed by atoms with Crippen molar-refractivity contribution in [2.24, 2.45) is 0 Å². The number of allylic oxidation sites excluding steroid dienone is 4. The molecule has 0 amide bonds. The highest BCUT2D eigenvalue weighted by Crippen LogP contribution is 2.22. The first-order chi connectivity index (χ1) is 5.93. The van der Waals surface area contributed by atoms with E-state index in [0.29, 0.717) is 12.1 Å². The molecule has 2 N–H and O–H groups in total. The van der Waals surface area contributed by atoms with Gasteiger partial charge in [-0.2, -0.15) is 0 Å². The smallest absolute Gasteiger partial charge is 0.0669 e. The Morgan fingerprint density at radius 3 is 2.08 bits per heavy atom. The van der Waals surface area contributed by atoms with Crippen molar-refractivity contribution in [3.05, 3.63) is 47.9 Å². The Morgan fingerprint density at radius 1 is 0.917 bits per heavy atom. The first-order valence-electron chi connectivity index (χ1n) is 4.23. The van der Waals surface area contributed by atoms with Crippen molar-refractivity contribution < 1.29 is 0 Å². The molecule has 0 spiro atoms. The molecule has 0 saturated carbocycles. The van der Waals surface area contributed by atoms with Crippen molar-refractivity contribution in [3.8, 4) is 0 Å². The van der Waals surface area contributed by atoms with E-state index in [1.54, 1.807) is 0 Å². The van der Waals surface area contributed by atoms with Crippen LogP contribution in [0.4, 0.5) is 0 Å². The minimum absolute atomic E-state index is 0.398. The molecule has 0 aromatic carbocycles. The SMILES string of the molecule is C1=CC2NC3C=CC=C3NC2=C1. The molecule has 12 heavy (non-hydrogen) atoms. The topological polar surface area (TPSA) is 24.1 Å². The molecule has 0 aromatic heterocycles. The van der Waals surface area contributed by atoms with Crippen molar-refractivity contribution in [2.75, 3.05) is 0 Å². The maximum atomic E-state index is 3.50. The summed E-state index contributed by atoms with van der Waals surface area (Å²) in [5, 5.41) is 6.92. The summed E-state index contributed by atoms with van der Waals surface area (Å²) in [7, 11) is 0. The predicted molar refractivity (Wildman–Crippen MR) is 48.3 cm³/mol. The summed E-state index contributed by atoms with van der Waals surface area (Å²) in [6, 6.07) is 0.796. The molecule has 2 heteroatoms. The average Bonchev–Trinajstić information content (AvgIpc) is 2.64. The second-order valence-corrected chi connectivity index (χ2v) is 3.26. The van der Waals surface area contributed by atoms with Crippen LogP contribution < -0.4 is 10.6 Å². The monoisotopic (exact) mass is 158 g/mol. The lowest BCUT2D eigenvalue weighted by Crippen LogP contribution is -2.48. The fourth-order valence-corrected chi connectivity index (χ4v) is 1.84. The molecule has 1 aliphatic heterocycles. The largest absolute Gasteiger partial charge is 0.359 e. The zero-order chi connectivity index (χ0) is 7.97. The highest BCUT2D eigenvalue weighted by atomic mass is 15.1. The van der Waals surface area contributed by atoms with E-state index in [2.05, 4.69) is 47.1 Å². The lowest BCUT2D eigenvalue weighted by molar-refractivity contribution is 0.539. The Balaban J connectivity index is 1.95. The third-order valence-corrected chi connectivity index (χ3v) is 2.48. The Bertz CT molecular complexity index is 302. The van der Waals surface area contributed by atoms with Gasteiger partial charge in [0, 0.05) is 11.4 Å². The molecule has 0 bridgehead atoms. The van der Waals surface area contributed by atoms with Crippen LogP contribution in [0.25, 0.3) is 0 Å². The zero-order valence-corrected chi connectivity index (χ0v) is 6.62. The summed E-state index contributed by atoms with van der Waals surface area (Å²) < 4.78 is 0. The molecule has 3 rings (SSSR count). The fourth-order valence-electron chi connectivity index (χ4n) is 1.84. The fraction of sp³-hybridized carbons (Fsp3) is 0.200. The van der Waals surface area contributed by atoms with Gasteiger partial charge in [-0.15, -0.1) is 0 Å². The van der Waals surface area contributed by atoms with E-state index in [-0.39, 0.29) is 0 Å². The minimum Gasteiger partial charge on any atom is -0.359 e. The van der Waals surface area contributed by atoms with Crippen LogP contribution in [0.1, 0.15) is 0 Å². The molecule has 2 nitrogen and oxygen atoms in total. The molecule has 2 atom stereocenters. The van der Waals surface area contributed by atoms with Crippen molar-refractivity contribution in [2.45, 2.75) is 12.1 Å². The van der Waals surface area contributed by atoms with Gasteiger partial charge in [0.2, 0.25) is 0 Å². The summed E-state index contributed by atoms with van der Waals surface area (Å²) >= 11 is 0. The first kappa shape index (κ1) is 6.26. The molecule has 1 heterocycles. The van der Waals surface area contributed by atoms with Crippen molar-refractivity contribution in [3.63, 3.8) is 0 Å². The Morgan fingerprint density at radius 2 is 1.50 bits per heavy atom. The van der Waals surface area contributed by atoms with Crippen LogP contribution in [0.15, 0.2) is 47.9 Å². The number of hydrogen-bond donors (Lipinski definition) is 2. The van der Waals surface area contributed by atoms with Crippen molar-refractivity contribution >= 4 is 0 Å². The first-order valence-corrected chi connectivity index (χ1v) is 4.23. The maximum absolute atomic E-state index is 3.50. The van der Waals surface area contributed by atoms with Crippen LogP contribution in [-0.4, -0.2) is 12.1 Å². The summed E-state index contributed by atoms with van der Waals surface area (Å²) in [5.41, 5.74) is 2.53. The van der Waals surface area contributed by atoms with Crippen molar-refractivity contribution in [1.82, 2.24) is 10.6 Å². The number of rotatable bonds is 0. The number of fused-ring (bicyclic) bond motifs is 2. The quantitative estimate of drug-likeness (QED) is 0.545. The summed E-state index contributed by atoms with van der Waals surface area (Å²) in [6.07, 6.45) is 12.8. The number of hydrogen-bond acceptors (Lipinski definition) is 2. The summed E-state index contributed by atoms with van der Waals surface area (Å²) in [4.78, 5) is 0. The Labute approximate surface area is 71.3 Å². The highest BCUT2D eigenvalue weighted by molar-refractivity contribution is 5.42. The molecule has 1 saturated heterocycles. The van der Waals surface area contributed by atoms with Crippen LogP contribution in [-0.2, 0) is 0 Å². The Hall–Kier alpha value is -1.28. The third-order valence-electron chi connectivity index (χ3n) is 2.48. The van der Waals surface area contributed by atoms with Gasteiger partial charge in [-0.3, -0.25) is 5.32 Å². The molecule has 2 unspecified atom stereocenters. The van der Waals surface area contributed by atoms with Crippen LogP contribution in [0.2, 0.25) is 0 Å². The Kier molecular flexibility index (Phi) is 1.10. The van der Waals surface area contributed by atoms with E-state index in [0.717, 1.165) is 0 Å². The van der Waals surface area contributed by atoms with Gasteiger partial charge >= 0.3 is 0 Å². The van der Waals surface area contributed by atoms with Crippen LogP contribution >= 0.6 is 0 Å². The second kappa shape index (κ2) is 2.11. The molecule has 3 aliphatic rings. The van der Waals surface area contributed by atoms with Gasteiger partial charge in [-0.1, -0.05) is 24.3 Å². The molecular weight excluding hydrogens is 148 g/mol. The normalized spacial score (nSPS) is 35.3. The lowest BCUT2D eigenvalue weighted by Gasteiger charge is -2.30. The van der Waals surface area contributed by atoms with Gasteiger partial charge in [0.15, 0.2) is 0 Å². The van der Waals surface area contributed by atoms with Gasteiger partial charge in [0.25, 0.3) is 0 Å². The third kappa shape index (κ3) is 0.728. The van der Waals surface area contributed by atoms with Crippen LogP contribution in [0.3, 0.4) is 0 Å². The summed E-state index contributed by atoms with van der Waals surface area (Å²) in [6.45, 7) is 0. The molecule has 0 radical (unpaired) electrons. The van der Waals surface area contributed by atoms with E-state index < -0.39 is 0 Å². The van der Waals surface area contributed by atoms with Crippen LogP contribution in [0, 0.1) is 0 Å². The van der Waals surface area contributed by atoms with E-state index in [4.69, 9.17) is 0 Å². The predicted octanol–water partition coefficient (Wildman–Crippen LogP) is 0.824. The van der Waals surface area contributed by atoms with Gasteiger partial charge in [0.05, 0.1) is 12.1 Å². The van der Waals surface area contributed by atoms with Gasteiger partial charge < -0.3 is 5.32 Å². The summed E-state index contributed by atoms with van der Waals surface area (Å²) in [5.74, 6) is 0. The molecule has 2 aliphatic carbocycles. The van der Waals surface area contributed by atoms with E-state index in [1.807, 2.05) is 0 Å². The van der Waals surface area contributed by atoms with E-state index in [1.165, 1.54) is 11.4 Å². The number of piperazine rings is 1. The van der Waals surface area contributed by atoms with E-state index in [9.17, 15) is 0 Å². The molecule has 1 fully saturated rings. The van der Waals surface area contributed by atoms with Gasteiger partial charge in [0.1, 0.15) is 0 Å². The zero-order valence-electron chi connectivity index (χ0n) is 6.62. The van der Waals surface area contributed by atoms with E-state index >= 15 is 0 Å². The molecule has 0 aromatic rings. The maximum Gasteiger partial charge on any atom is 0.0669 e. The average molecular weight is 158 g/mol. The second-order valence-electron chi connectivity index (χ2n) is 3.26. The van der Waals surface area contributed by atoms with Crippen molar-refractivity contribution in [1.29, 1.82) is 0 Å². The van der Waals surface area contributed by atoms with Gasteiger partial charge in [-0.25, -0.2) is 0 Å². The molecule has 60 valence electrons. The lowest BCUT2D eigenvalue weighted by atomic mass is 10.1. The van der Waals surface area contributed by atoms with Crippen LogP contribution in [0.5, 0.6) is 0 Å². The molecular formula is C10H10N2. The highest BCUT2D eigenvalue weighted by Gasteiger charge is 2.27. The number of nitrogens with one attached hydrogen (secondary N) is 2. The minimum atomic E-state index is 0.398. The van der Waals surface area contributed by atoms with Gasteiger partial charge in [-0.05, 0) is 12.2 Å².